The van der Waals surface area contributed by atoms with Crippen LogP contribution in [0.4, 0.5) is 0 Å². The molecule has 0 atom stereocenters. The fraction of sp³-hybridized carbons (Fsp3) is 0.286. The number of benzene rings is 1. The molecule has 5 heteroatoms. The van der Waals surface area contributed by atoms with Crippen molar-refractivity contribution in [3.8, 4) is 11.4 Å². The minimum Gasteiger partial charge on any atom is -0.306 e. The van der Waals surface area contributed by atoms with E-state index in [1.54, 1.807) is 12.4 Å². The molecule has 26 heavy (non-hydrogen) atoms. The maximum absolute atomic E-state index is 12.6. The molecule has 0 radical (unpaired) electrons. The van der Waals surface area contributed by atoms with Crippen molar-refractivity contribution < 1.29 is 0 Å². The molecule has 0 saturated heterocycles. The van der Waals surface area contributed by atoms with E-state index >= 15 is 0 Å². The Morgan fingerprint density at radius 1 is 1.15 bits per heavy atom. The van der Waals surface area contributed by atoms with Gasteiger partial charge in [0.05, 0.1) is 11.3 Å². The van der Waals surface area contributed by atoms with Crippen molar-refractivity contribution in [2.24, 2.45) is 0 Å². The van der Waals surface area contributed by atoms with Crippen molar-refractivity contribution in [2.45, 2.75) is 32.9 Å². The summed E-state index contributed by atoms with van der Waals surface area (Å²) in [5.41, 5.74) is 5.12. The second-order valence-electron chi connectivity index (χ2n) is 6.71. The van der Waals surface area contributed by atoms with Crippen LogP contribution in [0.3, 0.4) is 0 Å². The predicted molar refractivity (Wildman–Crippen MR) is 102 cm³/mol. The van der Waals surface area contributed by atoms with Gasteiger partial charge in [0.1, 0.15) is 5.82 Å². The van der Waals surface area contributed by atoms with E-state index in [1.165, 1.54) is 11.1 Å². The van der Waals surface area contributed by atoms with Gasteiger partial charge in [-0.15, -0.1) is 0 Å². The van der Waals surface area contributed by atoms with Crippen LogP contribution < -0.4 is 5.56 Å². The van der Waals surface area contributed by atoms with Crippen LogP contribution in [0.5, 0.6) is 0 Å². The van der Waals surface area contributed by atoms with Crippen molar-refractivity contribution >= 4 is 0 Å². The van der Waals surface area contributed by atoms with E-state index in [9.17, 15) is 4.79 Å². The molecule has 5 nitrogen and oxygen atoms in total. The number of aromatic amines is 1. The van der Waals surface area contributed by atoms with Crippen molar-refractivity contribution in [1.82, 2.24) is 19.9 Å². The van der Waals surface area contributed by atoms with Gasteiger partial charge >= 0.3 is 0 Å². The lowest BCUT2D eigenvalue weighted by atomic mass is 10.0. The predicted octanol–water partition coefficient (Wildman–Crippen LogP) is 2.95. The standard InChI is InChI=1S/C21H22N4O/c1-2-15-5-7-16(8-6-15)13-25-11-9-19-18(14-25)21(26)24-20(23-19)17-4-3-10-22-12-17/h3-8,10,12H,2,9,11,13-14H2,1H3,(H,23,24,26). The maximum Gasteiger partial charge on any atom is 0.255 e. The molecule has 1 aliphatic heterocycles. The number of rotatable bonds is 4. The monoisotopic (exact) mass is 346 g/mol. The number of hydrogen-bond donors (Lipinski definition) is 1. The number of aromatic nitrogens is 3. The Morgan fingerprint density at radius 2 is 1.96 bits per heavy atom. The van der Waals surface area contributed by atoms with Crippen LogP contribution in [0.2, 0.25) is 0 Å². The Kier molecular flexibility index (Phi) is 4.63. The maximum atomic E-state index is 12.6. The van der Waals surface area contributed by atoms with E-state index in [-0.39, 0.29) is 5.56 Å². The number of fused-ring (bicyclic) bond motifs is 1. The Morgan fingerprint density at radius 3 is 2.69 bits per heavy atom. The van der Waals surface area contributed by atoms with Crippen LogP contribution in [0.1, 0.15) is 29.3 Å². The molecule has 0 amide bonds. The highest BCUT2D eigenvalue weighted by molar-refractivity contribution is 5.53. The largest absolute Gasteiger partial charge is 0.306 e. The molecule has 0 bridgehead atoms. The van der Waals surface area contributed by atoms with E-state index in [1.807, 2.05) is 12.1 Å². The van der Waals surface area contributed by atoms with Gasteiger partial charge < -0.3 is 4.98 Å². The molecule has 0 saturated carbocycles. The van der Waals surface area contributed by atoms with Crippen LogP contribution in [-0.4, -0.2) is 26.4 Å². The summed E-state index contributed by atoms with van der Waals surface area (Å²) in [6.07, 6.45) is 5.28. The van der Waals surface area contributed by atoms with E-state index < -0.39 is 0 Å². The summed E-state index contributed by atoms with van der Waals surface area (Å²) in [5, 5.41) is 0. The summed E-state index contributed by atoms with van der Waals surface area (Å²) < 4.78 is 0. The first-order chi connectivity index (χ1) is 12.7. The molecule has 1 N–H and O–H groups in total. The highest BCUT2D eigenvalue weighted by Gasteiger charge is 2.21. The molecule has 3 heterocycles. The lowest BCUT2D eigenvalue weighted by molar-refractivity contribution is 0.242. The topological polar surface area (TPSA) is 61.9 Å². The quantitative estimate of drug-likeness (QED) is 0.789. The summed E-state index contributed by atoms with van der Waals surface area (Å²) >= 11 is 0. The average molecular weight is 346 g/mol. The van der Waals surface area contributed by atoms with E-state index in [0.717, 1.165) is 42.8 Å². The van der Waals surface area contributed by atoms with E-state index in [0.29, 0.717) is 12.4 Å². The number of nitrogens with zero attached hydrogens (tertiary/aromatic N) is 3. The molecule has 132 valence electrons. The Hall–Kier alpha value is -2.79. The van der Waals surface area contributed by atoms with Crippen LogP contribution >= 0.6 is 0 Å². The number of hydrogen-bond acceptors (Lipinski definition) is 4. The Bertz CT molecular complexity index is 948. The van der Waals surface area contributed by atoms with E-state index in [4.69, 9.17) is 0 Å². The molecule has 0 unspecified atom stereocenters. The SMILES string of the molecule is CCc1ccc(CN2CCc3nc(-c4cccnc4)[nH]c(=O)c3C2)cc1. The highest BCUT2D eigenvalue weighted by atomic mass is 16.1. The average Bonchev–Trinajstić information content (AvgIpc) is 2.69. The third kappa shape index (κ3) is 3.44. The fourth-order valence-electron chi connectivity index (χ4n) is 3.39. The molecule has 1 aromatic carbocycles. The highest BCUT2D eigenvalue weighted by Crippen LogP contribution is 2.19. The number of nitrogens with one attached hydrogen (secondary N) is 1. The minimum atomic E-state index is -0.0418. The van der Waals surface area contributed by atoms with Crippen LogP contribution in [0, 0.1) is 0 Å². The van der Waals surface area contributed by atoms with Gasteiger partial charge in [-0.3, -0.25) is 14.7 Å². The van der Waals surface area contributed by atoms with Crippen LogP contribution in [0.25, 0.3) is 11.4 Å². The third-order valence-corrected chi connectivity index (χ3v) is 4.92. The van der Waals surface area contributed by atoms with Crippen LogP contribution in [-0.2, 0) is 25.9 Å². The third-order valence-electron chi connectivity index (χ3n) is 4.92. The van der Waals surface area contributed by atoms with Gasteiger partial charge in [0.25, 0.3) is 5.56 Å². The molecule has 3 aromatic rings. The zero-order valence-electron chi connectivity index (χ0n) is 14.9. The zero-order chi connectivity index (χ0) is 17.9. The lowest BCUT2D eigenvalue weighted by Gasteiger charge is -2.27. The Balaban J connectivity index is 1.54. The fourth-order valence-corrected chi connectivity index (χ4v) is 3.39. The molecular formula is C21H22N4O. The zero-order valence-corrected chi connectivity index (χ0v) is 14.9. The summed E-state index contributed by atoms with van der Waals surface area (Å²) in [7, 11) is 0. The number of pyridine rings is 1. The second kappa shape index (κ2) is 7.22. The van der Waals surface area contributed by atoms with Crippen molar-refractivity contribution in [2.75, 3.05) is 6.54 Å². The van der Waals surface area contributed by atoms with Crippen molar-refractivity contribution in [3.63, 3.8) is 0 Å². The van der Waals surface area contributed by atoms with Gasteiger partial charge in [0, 0.05) is 44.0 Å². The van der Waals surface area contributed by atoms with Gasteiger partial charge in [-0.1, -0.05) is 31.2 Å². The molecular weight excluding hydrogens is 324 g/mol. The van der Waals surface area contributed by atoms with Gasteiger partial charge in [-0.2, -0.15) is 0 Å². The lowest BCUT2D eigenvalue weighted by Crippen LogP contribution is -2.35. The second-order valence-corrected chi connectivity index (χ2v) is 6.71. The first kappa shape index (κ1) is 16.7. The summed E-state index contributed by atoms with van der Waals surface area (Å²) in [6, 6.07) is 12.5. The van der Waals surface area contributed by atoms with Gasteiger partial charge in [-0.25, -0.2) is 4.98 Å². The van der Waals surface area contributed by atoms with Gasteiger partial charge in [-0.05, 0) is 29.7 Å². The van der Waals surface area contributed by atoms with Crippen molar-refractivity contribution in [3.05, 3.63) is 81.5 Å². The van der Waals surface area contributed by atoms with Gasteiger partial charge in [0.2, 0.25) is 0 Å². The molecule has 0 fully saturated rings. The molecule has 2 aromatic heterocycles. The van der Waals surface area contributed by atoms with E-state index in [2.05, 4.69) is 51.0 Å². The summed E-state index contributed by atoms with van der Waals surface area (Å²) in [4.78, 5) is 26.6. The van der Waals surface area contributed by atoms with Gasteiger partial charge in [0.15, 0.2) is 0 Å². The normalized spacial score (nSPS) is 14.2. The first-order valence-electron chi connectivity index (χ1n) is 9.05. The molecule has 0 aliphatic carbocycles. The summed E-state index contributed by atoms with van der Waals surface area (Å²) in [6.45, 7) is 4.56. The number of aryl methyl sites for hydroxylation is 1. The summed E-state index contributed by atoms with van der Waals surface area (Å²) in [5.74, 6) is 0.602. The number of H-pyrrole nitrogens is 1. The van der Waals surface area contributed by atoms with Crippen LogP contribution in [0.15, 0.2) is 53.6 Å². The molecule has 0 spiro atoms. The minimum absolute atomic E-state index is 0.0418. The molecule has 4 rings (SSSR count). The Labute approximate surface area is 152 Å². The first-order valence-corrected chi connectivity index (χ1v) is 9.05. The van der Waals surface area contributed by atoms with Crippen molar-refractivity contribution in [1.29, 1.82) is 0 Å². The smallest absolute Gasteiger partial charge is 0.255 e. The molecule has 1 aliphatic rings.